The highest BCUT2D eigenvalue weighted by Crippen LogP contribution is 2.18. The zero-order chi connectivity index (χ0) is 11.5. The summed E-state index contributed by atoms with van der Waals surface area (Å²) in [5, 5.41) is 0. The van der Waals surface area contributed by atoms with Gasteiger partial charge in [0.2, 0.25) is 0 Å². The van der Waals surface area contributed by atoms with Gasteiger partial charge in [-0.1, -0.05) is 6.92 Å². The van der Waals surface area contributed by atoms with E-state index in [9.17, 15) is 0 Å². The highest BCUT2D eigenvalue weighted by Gasteiger charge is 2.22. The fourth-order valence-electron chi connectivity index (χ4n) is 2.77. The molecule has 0 aliphatic carbocycles. The van der Waals surface area contributed by atoms with Crippen molar-refractivity contribution in [1.82, 2.24) is 9.80 Å². The van der Waals surface area contributed by atoms with Crippen LogP contribution < -0.4 is 0 Å². The van der Waals surface area contributed by atoms with Crippen molar-refractivity contribution in [3.63, 3.8) is 0 Å². The van der Waals surface area contributed by atoms with Crippen molar-refractivity contribution in [2.75, 3.05) is 40.3 Å². The molecule has 0 radical (unpaired) electrons. The molecular formula is C13H25N3. The number of rotatable bonds is 1. The molecule has 0 saturated carbocycles. The Morgan fingerprint density at radius 2 is 1.75 bits per heavy atom. The Morgan fingerprint density at radius 1 is 1.06 bits per heavy atom. The van der Waals surface area contributed by atoms with Gasteiger partial charge in [0, 0.05) is 24.7 Å². The molecule has 0 N–H and O–H groups in total. The van der Waals surface area contributed by atoms with Crippen LogP contribution in [-0.4, -0.2) is 61.8 Å². The summed E-state index contributed by atoms with van der Waals surface area (Å²) in [7, 11) is 4.42. The van der Waals surface area contributed by atoms with Gasteiger partial charge in [-0.05, 0) is 46.4 Å². The van der Waals surface area contributed by atoms with Gasteiger partial charge >= 0.3 is 0 Å². The van der Waals surface area contributed by atoms with Crippen molar-refractivity contribution in [3.8, 4) is 0 Å². The monoisotopic (exact) mass is 223 g/mol. The van der Waals surface area contributed by atoms with E-state index >= 15 is 0 Å². The van der Waals surface area contributed by atoms with Gasteiger partial charge in [0.25, 0.3) is 0 Å². The van der Waals surface area contributed by atoms with Gasteiger partial charge in [0.15, 0.2) is 0 Å². The van der Waals surface area contributed by atoms with Crippen LogP contribution in [-0.2, 0) is 0 Å². The number of likely N-dealkylation sites (tertiary alicyclic amines) is 2. The van der Waals surface area contributed by atoms with Gasteiger partial charge in [-0.15, -0.1) is 0 Å². The van der Waals surface area contributed by atoms with Crippen LogP contribution in [0.5, 0.6) is 0 Å². The molecule has 2 aliphatic rings. The summed E-state index contributed by atoms with van der Waals surface area (Å²) in [4.78, 5) is 9.83. The van der Waals surface area contributed by atoms with Crippen LogP contribution in [0.4, 0.5) is 0 Å². The van der Waals surface area contributed by atoms with Gasteiger partial charge in [-0.3, -0.25) is 4.99 Å². The maximum absolute atomic E-state index is 5.01. The molecule has 3 heteroatoms. The van der Waals surface area contributed by atoms with Gasteiger partial charge in [0.1, 0.15) is 0 Å². The van der Waals surface area contributed by atoms with Gasteiger partial charge in [0.05, 0.1) is 6.04 Å². The summed E-state index contributed by atoms with van der Waals surface area (Å²) in [6.45, 7) is 7.14. The molecule has 1 unspecified atom stereocenters. The van der Waals surface area contributed by atoms with Crippen molar-refractivity contribution in [3.05, 3.63) is 0 Å². The molecule has 0 aromatic carbocycles. The Kier molecular flexibility index (Phi) is 3.98. The van der Waals surface area contributed by atoms with E-state index in [-0.39, 0.29) is 0 Å². The van der Waals surface area contributed by atoms with Crippen LogP contribution in [0.15, 0.2) is 4.99 Å². The van der Waals surface area contributed by atoms with Gasteiger partial charge < -0.3 is 9.80 Å². The van der Waals surface area contributed by atoms with E-state index in [1.165, 1.54) is 51.2 Å². The first kappa shape index (κ1) is 12.1. The first-order valence-corrected chi connectivity index (χ1v) is 6.59. The molecule has 3 nitrogen and oxygen atoms in total. The lowest BCUT2D eigenvalue weighted by Gasteiger charge is -2.32. The second-order valence-corrected chi connectivity index (χ2v) is 5.57. The standard InChI is InChI=1S/C13H25N3/c1-11-10-16(3)9-6-13(11)14-12-4-7-15(2)8-5-12/h11-12H,4-10H2,1-3H3. The van der Waals surface area contributed by atoms with E-state index < -0.39 is 0 Å². The first-order valence-electron chi connectivity index (χ1n) is 6.59. The van der Waals surface area contributed by atoms with Crippen molar-refractivity contribution in [2.24, 2.45) is 10.9 Å². The predicted octanol–water partition coefficient (Wildman–Crippen LogP) is 1.49. The Bertz CT molecular complexity index is 254. The number of aliphatic imine (C=N–C) groups is 1. The van der Waals surface area contributed by atoms with E-state index in [1.54, 1.807) is 0 Å². The molecule has 2 heterocycles. The molecule has 0 aromatic rings. The number of hydrogen-bond donors (Lipinski definition) is 0. The lowest BCUT2D eigenvalue weighted by Crippen LogP contribution is -2.38. The van der Waals surface area contributed by atoms with E-state index in [1.807, 2.05) is 0 Å². The summed E-state index contributed by atoms with van der Waals surface area (Å²) in [6.07, 6.45) is 3.69. The second-order valence-electron chi connectivity index (χ2n) is 5.57. The smallest absolute Gasteiger partial charge is 0.0523 e. The molecule has 2 saturated heterocycles. The molecule has 2 aliphatic heterocycles. The quantitative estimate of drug-likeness (QED) is 0.671. The van der Waals surface area contributed by atoms with Crippen LogP contribution in [0, 0.1) is 5.92 Å². The maximum atomic E-state index is 5.01. The van der Waals surface area contributed by atoms with Crippen LogP contribution in [0.3, 0.4) is 0 Å². The Balaban J connectivity index is 1.91. The lowest BCUT2D eigenvalue weighted by atomic mass is 9.96. The average molecular weight is 223 g/mol. The molecule has 0 amide bonds. The summed E-state index contributed by atoms with van der Waals surface area (Å²) < 4.78 is 0. The maximum Gasteiger partial charge on any atom is 0.0523 e. The van der Waals surface area contributed by atoms with Crippen molar-refractivity contribution >= 4 is 5.71 Å². The van der Waals surface area contributed by atoms with E-state index in [2.05, 4.69) is 30.8 Å². The van der Waals surface area contributed by atoms with Crippen LogP contribution in [0.2, 0.25) is 0 Å². The largest absolute Gasteiger partial charge is 0.306 e. The number of nitrogens with zero attached hydrogens (tertiary/aromatic N) is 3. The van der Waals surface area contributed by atoms with Crippen LogP contribution in [0.1, 0.15) is 26.2 Å². The molecule has 0 spiro atoms. The molecule has 1 atom stereocenters. The molecule has 16 heavy (non-hydrogen) atoms. The van der Waals surface area contributed by atoms with E-state index in [0.29, 0.717) is 12.0 Å². The minimum atomic E-state index is 0.608. The summed E-state index contributed by atoms with van der Waals surface area (Å²) >= 11 is 0. The van der Waals surface area contributed by atoms with E-state index in [0.717, 1.165) is 0 Å². The minimum absolute atomic E-state index is 0.608. The fraction of sp³-hybridized carbons (Fsp3) is 0.923. The van der Waals surface area contributed by atoms with Crippen molar-refractivity contribution < 1.29 is 0 Å². The number of hydrogen-bond acceptors (Lipinski definition) is 3. The van der Waals surface area contributed by atoms with Gasteiger partial charge in [-0.2, -0.15) is 0 Å². The Morgan fingerprint density at radius 3 is 2.38 bits per heavy atom. The predicted molar refractivity (Wildman–Crippen MR) is 69.2 cm³/mol. The third-order valence-corrected chi connectivity index (χ3v) is 3.94. The van der Waals surface area contributed by atoms with Gasteiger partial charge in [-0.25, -0.2) is 0 Å². The summed E-state index contributed by atoms with van der Waals surface area (Å²) in [5.41, 5.74) is 1.48. The Labute approximate surface area is 99.5 Å². The zero-order valence-corrected chi connectivity index (χ0v) is 10.9. The first-order chi connectivity index (χ1) is 7.65. The molecule has 2 rings (SSSR count). The molecular weight excluding hydrogens is 198 g/mol. The topological polar surface area (TPSA) is 18.8 Å². The van der Waals surface area contributed by atoms with E-state index in [4.69, 9.17) is 4.99 Å². The van der Waals surface area contributed by atoms with Crippen LogP contribution >= 0.6 is 0 Å². The highest BCUT2D eigenvalue weighted by molar-refractivity contribution is 5.87. The molecule has 0 bridgehead atoms. The van der Waals surface area contributed by atoms with Crippen molar-refractivity contribution in [1.29, 1.82) is 0 Å². The summed E-state index contributed by atoms with van der Waals surface area (Å²) in [5.74, 6) is 0.665. The Hall–Kier alpha value is -0.410. The minimum Gasteiger partial charge on any atom is -0.306 e. The normalized spacial score (nSPS) is 33.4. The number of piperidine rings is 2. The molecule has 0 aromatic heterocycles. The third kappa shape index (κ3) is 3.05. The average Bonchev–Trinajstić information content (AvgIpc) is 2.25. The SMILES string of the molecule is CC1CN(C)CCC1=NC1CCN(C)CC1. The molecule has 2 fully saturated rings. The zero-order valence-electron chi connectivity index (χ0n) is 10.9. The third-order valence-electron chi connectivity index (χ3n) is 3.94. The fourth-order valence-corrected chi connectivity index (χ4v) is 2.77. The highest BCUT2D eigenvalue weighted by atomic mass is 15.1. The van der Waals surface area contributed by atoms with Crippen molar-refractivity contribution in [2.45, 2.75) is 32.2 Å². The molecule has 92 valence electrons. The second kappa shape index (κ2) is 5.28. The summed E-state index contributed by atoms with van der Waals surface area (Å²) in [6, 6.07) is 0.608. The van der Waals surface area contributed by atoms with Crippen LogP contribution in [0.25, 0.3) is 0 Å². The lowest BCUT2D eigenvalue weighted by molar-refractivity contribution is 0.254.